The maximum absolute atomic E-state index is 11.6. The van der Waals surface area contributed by atoms with Gasteiger partial charge < -0.3 is 20.2 Å². The van der Waals surface area contributed by atoms with E-state index >= 15 is 0 Å². The van der Waals surface area contributed by atoms with Crippen LogP contribution in [-0.4, -0.2) is 19.1 Å². The van der Waals surface area contributed by atoms with Crippen LogP contribution in [0.1, 0.15) is 10.6 Å². The van der Waals surface area contributed by atoms with Crippen LogP contribution < -0.4 is 15.8 Å². The molecule has 0 spiro atoms. The van der Waals surface area contributed by atoms with Crippen molar-refractivity contribution in [3.8, 4) is 5.75 Å². The van der Waals surface area contributed by atoms with Crippen LogP contribution in [0.3, 0.4) is 0 Å². The molecule has 0 atom stereocenters. The number of nitrogens with two attached hydrogens (primary N) is 1. The summed E-state index contributed by atoms with van der Waals surface area (Å²) < 4.78 is 11.1. The van der Waals surface area contributed by atoms with Crippen LogP contribution in [-0.2, 0) is 0 Å². The molecule has 2 aromatic rings. The van der Waals surface area contributed by atoms with Crippen LogP contribution >= 0.6 is 15.9 Å². The lowest BCUT2D eigenvalue weighted by Gasteiger charge is -2.07. The van der Waals surface area contributed by atoms with Crippen molar-refractivity contribution in [1.82, 2.24) is 5.32 Å². The Labute approximate surface area is 118 Å². The molecule has 100 valence electrons. The van der Waals surface area contributed by atoms with Crippen molar-refractivity contribution in [2.24, 2.45) is 0 Å². The molecule has 0 unspecified atom stereocenters. The van der Waals surface area contributed by atoms with Crippen LogP contribution in [0, 0.1) is 0 Å². The van der Waals surface area contributed by atoms with E-state index in [1.54, 1.807) is 24.3 Å². The van der Waals surface area contributed by atoms with Crippen LogP contribution in [0.25, 0.3) is 0 Å². The minimum absolute atomic E-state index is 0.260. The number of rotatable bonds is 5. The Morgan fingerprint density at radius 3 is 2.89 bits per heavy atom. The normalized spacial score (nSPS) is 10.2. The average molecular weight is 325 g/mol. The zero-order valence-corrected chi connectivity index (χ0v) is 11.6. The summed E-state index contributed by atoms with van der Waals surface area (Å²) in [5.41, 5.74) is 6.26. The molecule has 6 heteroatoms. The third-order valence-electron chi connectivity index (χ3n) is 2.31. The van der Waals surface area contributed by atoms with Crippen LogP contribution in [0.4, 0.5) is 5.69 Å². The first kappa shape index (κ1) is 13.5. The number of amides is 1. The number of benzene rings is 1. The standard InChI is InChI=1S/C13H13BrN2O3/c14-12-5-4-11(19-12)13(17)16-6-7-18-10-3-1-2-9(15)8-10/h1-5,8H,6-7,15H2,(H,16,17). The maximum Gasteiger partial charge on any atom is 0.287 e. The maximum atomic E-state index is 11.6. The molecule has 1 aromatic carbocycles. The Bertz CT molecular complexity index is 569. The smallest absolute Gasteiger partial charge is 0.287 e. The molecule has 0 saturated heterocycles. The van der Waals surface area contributed by atoms with E-state index in [4.69, 9.17) is 14.9 Å². The summed E-state index contributed by atoms with van der Waals surface area (Å²) in [6.45, 7) is 0.739. The monoisotopic (exact) mass is 324 g/mol. The van der Waals surface area contributed by atoms with Crippen LogP contribution in [0.15, 0.2) is 45.5 Å². The second-order valence-electron chi connectivity index (χ2n) is 3.78. The number of nitrogens with one attached hydrogen (secondary N) is 1. The van der Waals surface area contributed by atoms with E-state index in [2.05, 4.69) is 21.2 Å². The molecule has 1 heterocycles. The van der Waals surface area contributed by atoms with Crippen molar-refractivity contribution in [2.45, 2.75) is 0 Å². The van der Waals surface area contributed by atoms with Crippen molar-refractivity contribution >= 4 is 27.5 Å². The van der Waals surface area contributed by atoms with Crippen LogP contribution in [0.5, 0.6) is 5.75 Å². The third-order valence-corrected chi connectivity index (χ3v) is 2.74. The Morgan fingerprint density at radius 1 is 1.37 bits per heavy atom. The fourth-order valence-corrected chi connectivity index (χ4v) is 1.77. The molecule has 0 saturated carbocycles. The number of halogens is 1. The van der Waals surface area contributed by atoms with Gasteiger partial charge in [0.2, 0.25) is 0 Å². The molecule has 1 amide bonds. The van der Waals surface area contributed by atoms with Crippen LogP contribution in [0.2, 0.25) is 0 Å². The fourth-order valence-electron chi connectivity index (χ4n) is 1.46. The summed E-state index contributed by atoms with van der Waals surface area (Å²) in [6, 6.07) is 10.4. The molecular formula is C13H13BrN2O3. The van der Waals surface area contributed by atoms with Crippen molar-refractivity contribution in [3.05, 3.63) is 46.8 Å². The van der Waals surface area contributed by atoms with E-state index in [1.165, 1.54) is 0 Å². The number of furan rings is 1. The molecule has 0 aliphatic rings. The Hall–Kier alpha value is -1.95. The molecule has 2 rings (SSSR count). The summed E-state index contributed by atoms with van der Waals surface area (Å²) >= 11 is 3.14. The number of carbonyl (C=O) groups is 1. The zero-order valence-electron chi connectivity index (χ0n) is 10.1. The fraction of sp³-hybridized carbons (Fsp3) is 0.154. The molecule has 19 heavy (non-hydrogen) atoms. The predicted molar refractivity (Wildman–Crippen MR) is 75.1 cm³/mol. The van der Waals surface area contributed by atoms with Gasteiger partial charge in [-0.2, -0.15) is 0 Å². The van der Waals surface area contributed by atoms with Gasteiger partial charge in [-0.1, -0.05) is 6.07 Å². The first-order valence-corrected chi connectivity index (χ1v) is 6.46. The highest BCUT2D eigenvalue weighted by Crippen LogP contribution is 2.14. The summed E-state index contributed by atoms with van der Waals surface area (Å²) in [6.07, 6.45) is 0. The lowest BCUT2D eigenvalue weighted by atomic mass is 10.3. The molecule has 3 N–H and O–H groups in total. The van der Waals surface area contributed by atoms with Gasteiger partial charge in [0.05, 0.1) is 6.54 Å². The SMILES string of the molecule is Nc1cccc(OCCNC(=O)c2ccc(Br)o2)c1. The number of hydrogen-bond acceptors (Lipinski definition) is 4. The highest BCUT2D eigenvalue weighted by Gasteiger charge is 2.09. The zero-order chi connectivity index (χ0) is 13.7. The summed E-state index contributed by atoms with van der Waals surface area (Å²) in [5, 5.41) is 2.69. The Balaban J connectivity index is 1.74. The lowest BCUT2D eigenvalue weighted by molar-refractivity contribution is 0.0918. The number of hydrogen-bond donors (Lipinski definition) is 2. The molecule has 0 radical (unpaired) electrons. The average Bonchev–Trinajstić information content (AvgIpc) is 2.81. The van der Waals surface area contributed by atoms with E-state index in [0.717, 1.165) is 0 Å². The van der Waals surface area contributed by atoms with Crippen molar-refractivity contribution in [2.75, 3.05) is 18.9 Å². The second kappa shape index (κ2) is 6.29. The minimum Gasteiger partial charge on any atom is -0.492 e. The van der Waals surface area contributed by atoms with E-state index < -0.39 is 0 Å². The first-order chi connectivity index (χ1) is 9.15. The summed E-state index contributed by atoms with van der Waals surface area (Å²) in [4.78, 5) is 11.6. The van der Waals surface area contributed by atoms with Gasteiger partial charge in [-0.15, -0.1) is 0 Å². The number of ether oxygens (including phenoxy) is 1. The molecular weight excluding hydrogens is 312 g/mol. The van der Waals surface area contributed by atoms with Crippen molar-refractivity contribution < 1.29 is 13.9 Å². The van der Waals surface area contributed by atoms with Gasteiger partial charge in [-0.05, 0) is 40.2 Å². The lowest BCUT2D eigenvalue weighted by Crippen LogP contribution is -2.27. The molecule has 1 aromatic heterocycles. The van der Waals surface area contributed by atoms with Crippen molar-refractivity contribution in [1.29, 1.82) is 0 Å². The quantitative estimate of drug-likeness (QED) is 0.654. The topological polar surface area (TPSA) is 77.5 Å². The molecule has 0 aliphatic carbocycles. The Kier molecular flexibility index (Phi) is 4.46. The van der Waals surface area contributed by atoms with Gasteiger partial charge in [0.25, 0.3) is 5.91 Å². The van der Waals surface area contributed by atoms with Gasteiger partial charge >= 0.3 is 0 Å². The van der Waals surface area contributed by atoms with Crippen molar-refractivity contribution in [3.63, 3.8) is 0 Å². The van der Waals surface area contributed by atoms with E-state index in [1.807, 2.05) is 12.1 Å². The van der Waals surface area contributed by atoms with Gasteiger partial charge in [-0.25, -0.2) is 0 Å². The number of nitrogen functional groups attached to an aromatic ring is 1. The third kappa shape index (κ3) is 4.03. The van der Waals surface area contributed by atoms with E-state index in [-0.39, 0.29) is 11.7 Å². The second-order valence-corrected chi connectivity index (χ2v) is 4.56. The largest absolute Gasteiger partial charge is 0.492 e. The highest BCUT2D eigenvalue weighted by atomic mass is 79.9. The molecule has 0 fully saturated rings. The van der Waals surface area contributed by atoms with Gasteiger partial charge in [0.15, 0.2) is 10.4 Å². The summed E-state index contributed by atoms with van der Waals surface area (Å²) in [7, 11) is 0. The van der Waals surface area contributed by atoms with Gasteiger partial charge in [-0.3, -0.25) is 4.79 Å². The molecule has 0 bridgehead atoms. The predicted octanol–water partition coefficient (Wildman–Crippen LogP) is 2.43. The van der Waals surface area contributed by atoms with E-state index in [0.29, 0.717) is 29.3 Å². The van der Waals surface area contributed by atoms with Gasteiger partial charge in [0, 0.05) is 11.8 Å². The number of carbonyl (C=O) groups excluding carboxylic acids is 1. The summed E-state index contributed by atoms with van der Waals surface area (Å²) in [5.74, 6) is 0.660. The molecule has 0 aliphatic heterocycles. The highest BCUT2D eigenvalue weighted by molar-refractivity contribution is 9.10. The number of anilines is 1. The minimum atomic E-state index is -0.276. The molecule has 5 nitrogen and oxygen atoms in total. The first-order valence-electron chi connectivity index (χ1n) is 5.67. The van der Waals surface area contributed by atoms with Gasteiger partial charge in [0.1, 0.15) is 12.4 Å². The van der Waals surface area contributed by atoms with E-state index in [9.17, 15) is 4.79 Å². The Morgan fingerprint density at radius 2 is 2.21 bits per heavy atom.